The summed E-state index contributed by atoms with van der Waals surface area (Å²) in [6.45, 7) is 5.70. The summed E-state index contributed by atoms with van der Waals surface area (Å²) in [5.41, 5.74) is 4.27. The molecule has 0 unspecified atom stereocenters. The van der Waals surface area contributed by atoms with E-state index in [2.05, 4.69) is 73.3 Å². The Labute approximate surface area is 193 Å². The Morgan fingerprint density at radius 2 is 1.03 bits per heavy atom. The van der Waals surface area contributed by atoms with Crippen LogP contribution in [-0.2, 0) is 6.42 Å². The van der Waals surface area contributed by atoms with Crippen LogP contribution >= 0.6 is 0 Å². The Balaban J connectivity index is 1.93. The van der Waals surface area contributed by atoms with Crippen LogP contribution in [0.5, 0.6) is 0 Å². The van der Waals surface area contributed by atoms with E-state index in [1.165, 1.54) is 113 Å². The molecule has 0 saturated carbocycles. The highest BCUT2D eigenvalue weighted by Gasteiger charge is 2.12. The van der Waals surface area contributed by atoms with Crippen molar-refractivity contribution in [3.05, 3.63) is 60.2 Å². The first-order valence-electron chi connectivity index (χ1n) is 13.3. The zero-order valence-corrected chi connectivity index (χ0v) is 20.5. The molecule has 172 valence electrons. The molecule has 0 aliphatic heterocycles. The molecule has 0 amide bonds. The monoisotopic (exact) mass is 421 g/mol. The van der Waals surface area contributed by atoms with E-state index in [9.17, 15) is 0 Å². The summed E-state index contributed by atoms with van der Waals surface area (Å²) in [5, 5.41) is 0. The third-order valence-corrected chi connectivity index (χ3v) is 6.39. The average molecular weight is 422 g/mol. The number of unbranched alkanes of at least 4 members (excludes halogenated alkanes) is 12. The Morgan fingerprint density at radius 3 is 1.68 bits per heavy atom. The van der Waals surface area contributed by atoms with E-state index in [-0.39, 0.29) is 0 Å². The highest BCUT2D eigenvalue weighted by Crippen LogP contribution is 2.30. The molecule has 0 aromatic heterocycles. The van der Waals surface area contributed by atoms with Gasteiger partial charge in [0, 0.05) is 17.9 Å². The minimum Gasteiger partial charge on any atom is -0.341 e. The predicted molar refractivity (Wildman–Crippen MR) is 140 cm³/mol. The summed E-state index contributed by atoms with van der Waals surface area (Å²) in [5.74, 6) is 0. The van der Waals surface area contributed by atoms with E-state index in [0.717, 1.165) is 6.54 Å². The van der Waals surface area contributed by atoms with E-state index in [0.29, 0.717) is 0 Å². The predicted octanol–water partition coefficient (Wildman–Crippen LogP) is 9.87. The smallest absolute Gasteiger partial charge is 0.0443 e. The van der Waals surface area contributed by atoms with E-state index in [1.54, 1.807) is 0 Å². The van der Waals surface area contributed by atoms with Crippen molar-refractivity contribution in [3.8, 4) is 0 Å². The zero-order chi connectivity index (χ0) is 22.0. The van der Waals surface area contributed by atoms with Crippen LogP contribution in [0.3, 0.4) is 0 Å². The van der Waals surface area contributed by atoms with Crippen LogP contribution < -0.4 is 4.90 Å². The number of benzene rings is 2. The maximum Gasteiger partial charge on any atom is 0.0443 e. The van der Waals surface area contributed by atoms with Crippen LogP contribution in [-0.4, -0.2) is 6.54 Å². The Kier molecular flexibility index (Phi) is 13.9. The molecule has 0 heterocycles. The molecule has 0 bridgehead atoms. The largest absolute Gasteiger partial charge is 0.341 e. The summed E-state index contributed by atoms with van der Waals surface area (Å²) in [4.78, 5) is 2.57. The fourth-order valence-electron chi connectivity index (χ4n) is 4.48. The first-order chi connectivity index (χ1) is 15.4. The topological polar surface area (TPSA) is 3.24 Å². The summed E-state index contributed by atoms with van der Waals surface area (Å²) in [6, 6.07) is 20.1. The van der Waals surface area contributed by atoms with Crippen molar-refractivity contribution in [1.29, 1.82) is 0 Å². The van der Waals surface area contributed by atoms with Gasteiger partial charge in [-0.05, 0) is 43.0 Å². The van der Waals surface area contributed by atoms with Crippen LogP contribution in [0, 0.1) is 0 Å². The normalized spacial score (nSPS) is 11.0. The fourth-order valence-corrected chi connectivity index (χ4v) is 4.48. The van der Waals surface area contributed by atoms with Crippen molar-refractivity contribution in [1.82, 2.24) is 0 Å². The van der Waals surface area contributed by atoms with E-state index in [4.69, 9.17) is 0 Å². The van der Waals surface area contributed by atoms with Gasteiger partial charge in [-0.3, -0.25) is 0 Å². The fraction of sp³-hybridized carbons (Fsp3) is 0.600. The molecule has 2 aromatic carbocycles. The molecular formula is C30H47N. The van der Waals surface area contributed by atoms with Gasteiger partial charge in [0.25, 0.3) is 0 Å². The molecule has 0 aliphatic carbocycles. The van der Waals surface area contributed by atoms with Gasteiger partial charge < -0.3 is 4.90 Å². The molecule has 0 spiro atoms. The lowest BCUT2D eigenvalue weighted by molar-refractivity contribution is 0.587. The van der Waals surface area contributed by atoms with Crippen LogP contribution in [0.25, 0.3) is 0 Å². The summed E-state index contributed by atoms with van der Waals surface area (Å²) >= 11 is 0. The molecule has 0 saturated heterocycles. The molecule has 1 nitrogen and oxygen atoms in total. The molecule has 0 radical (unpaired) electrons. The number of rotatable bonds is 18. The van der Waals surface area contributed by atoms with E-state index < -0.39 is 0 Å². The van der Waals surface area contributed by atoms with Gasteiger partial charge in [0.1, 0.15) is 0 Å². The quantitative estimate of drug-likeness (QED) is 0.216. The second-order valence-electron chi connectivity index (χ2n) is 9.11. The summed E-state index contributed by atoms with van der Waals surface area (Å²) in [7, 11) is 0. The molecule has 0 atom stereocenters. The number of aryl methyl sites for hydroxylation is 1. The maximum atomic E-state index is 2.57. The van der Waals surface area contributed by atoms with Gasteiger partial charge in [-0.1, -0.05) is 127 Å². The maximum absolute atomic E-state index is 2.57. The minimum absolute atomic E-state index is 1.12. The van der Waals surface area contributed by atoms with Gasteiger partial charge in [0.05, 0.1) is 0 Å². The molecule has 2 aromatic rings. The SMILES string of the molecule is CCCCCCCCCc1ccccc1N(CCCCCCCCC)c1ccccc1. The highest BCUT2D eigenvalue weighted by molar-refractivity contribution is 5.66. The summed E-state index contributed by atoms with van der Waals surface area (Å²) in [6.07, 6.45) is 20.3. The molecule has 0 fully saturated rings. The minimum atomic E-state index is 1.12. The lowest BCUT2D eigenvalue weighted by Gasteiger charge is -2.27. The molecule has 0 aliphatic rings. The first kappa shape index (κ1) is 25.5. The third-order valence-electron chi connectivity index (χ3n) is 6.39. The van der Waals surface area contributed by atoms with E-state index in [1.807, 2.05) is 0 Å². The second kappa shape index (κ2) is 16.9. The first-order valence-corrected chi connectivity index (χ1v) is 13.3. The van der Waals surface area contributed by atoms with Gasteiger partial charge in [-0.15, -0.1) is 0 Å². The van der Waals surface area contributed by atoms with Crippen molar-refractivity contribution in [3.63, 3.8) is 0 Å². The van der Waals surface area contributed by atoms with Crippen molar-refractivity contribution in [2.24, 2.45) is 0 Å². The number of anilines is 2. The lowest BCUT2D eigenvalue weighted by atomic mass is 10.0. The Morgan fingerprint density at radius 1 is 0.516 bits per heavy atom. The van der Waals surface area contributed by atoms with Crippen molar-refractivity contribution >= 4 is 11.4 Å². The Bertz CT molecular complexity index is 663. The van der Waals surface area contributed by atoms with Crippen LogP contribution in [0.1, 0.15) is 109 Å². The van der Waals surface area contributed by atoms with Gasteiger partial charge in [0.15, 0.2) is 0 Å². The van der Waals surface area contributed by atoms with Gasteiger partial charge in [0.2, 0.25) is 0 Å². The van der Waals surface area contributed by atoms with Gasteiger partial charge in [-0.25, -0.2) is 0 Å². The molecule has 0 N–H and O–H groups in total. The van der Waals surface area contributed by atoms with Crippen molar-refractivity contribution in [2.75, 3.05) is 11.4 Å². The number of hydrogen-bond acceptors (Lipinski definition) is 1. The molecule has 31 heavy (non-hydrogen) atoms. The van der Waals surface area contributed by atoms with Crippen LogP contribution in [0.4, 0.5) is 11.4 Å². The third kappa shape index (κ3) is 10.4. The average Bonchev–Trinajstić information content (AvgIpc) is 2.81. The number of para-hydroxylation sites is 2. The highest BCUT2D eigenvalue weighted by atomic mass is 15.1. The van der Waals surface area contributed by atoms with E-state index >= 15 is 0 Å². The molecule has 2 rings (SSSR count). The number of hydrogen-bond donors (Lipinski definition) is 0. The summed E-state index contributed by atoms with van der Waals surface area (Å²) < 4.78 is 0. The van der Waals surface area contributed by atoms with Gasteiger partial charge >= 0.3 is 0 Å². The molecule has 1 heteroatoms. The number of nitrogens with zero attached hydrogens (tertiary/aromatic N) is 1. The zero-order valence-electron chi connectivity index (χ0n) is 20.5. The van der Waals surface area contributed by atoms with Crippen LogP contribution in [0.15, 0.2) is 54.6 Å². The van der Waals surface area contributed by atoms with Gasteiger partial charge in [-0.2, -0.15) is 0 Å². The van der Waals surface area contributed by atoms with Crippen molar-refractivity contribution < 1.29 is 0 Å². The molecular weight excluding hydrogens is 374 g/mol. The standard InChI is InChI=1S/C30H47N/c1-3-5-7-9-11-13-16-22-28-23-19-20-26-30(28)31(29-24-17-15-18-25-29)27-21-14-12-10-8-6-4-2/h15,17-20,23-26H,3-14,16,21-22,27H2,1-2H3. The Hall–Kier alpha value is -1.76. The van der Waals surface area contributed by atoms with Crippen LogP contribution in [0.2, 0.25) is 0 Å². The second-order valence-corrected chi connectivity index (χ2v) is 9.11. The lowest BCUT2D eigenvalue weighted by Crippen LogP contribution is -2.20. The van der Waals surface area contributed by atoms with Crippen molar-refractivity contribution in [2.45, 2.75) is 110 Å².